The number of amides is 1. The SMILES string of the molecule is CCN(c1ccc(OC)cc1)S(=O)(=O)N1CCC[C@@H](C(=O)NCCCc2ccccc2)C1. The van der Waals surface area contributed by atoms with Crippen molar-refractivity contribution < 1.29 is 17.9 Å². The molecule has 7 nitrogen and oxygen atoms in total. The van der Waals surface area contributed by atoms with Crippen molar-refractivity contribution in [1.82, 2.24) is 9.62 Å². The Hall–Kier alpha value is -2.58. The van der Waals surface area contributed by atoms with E-state index in [9.17, 15) is 13.2 Å². The van der Waals surface area contributed by atoms with E-state index < -0.39 is 10.2 Å². The Bertz CT molecular complexity index is 964. The molecule has 0 radical (unpaired) electrons. The highest BCUT2D eigenvalue weighted by molar-refractivity contribution is 7.90. The lowest BCUT2D eigenvalue weighted by Crippen LogP contribution is -2.50. The minimum absolute atomic E-state index is 0.0644. The summed E-state index contributed by atoms with van der Waals surface area (Å²) >= 11 is 0. The molecule has 8 heteroatoms. The van der Waals surface area contributed by atoms with Crippen molar-refractivity contribution in [3.05, 3.63) is 60.2 Å². The first-order chi connectivity index (χ1) is 15.5. The number of methoxy groups -OCH3 is 1. The second-order valence-electron chi connectivity index (χ2n) is 7.95. The van der Waals surface area contributed by atoms with Crippen LogP contribution in [0.25, 0.3) is 0 Å². The fourth-order valence-electron chi connectivity index (χ4n) is 4.03. The number of hydrogen-bond acceptors (Lipinski definition) is 4. The van der Waals surface area contributed by atoms with Crippen LogP contribution in [0.4, 0.5) is 5.69 Å². The Morgan fingerprint density at radius 1 is 1.16 bits per heavy atom. The molecule has 1 heterocycles. The van der Waals surface area contributed by atoms with Crippen LogP contribution in [0.3, 0.4) is 0 Å². The number of nitrogens with zero attached hydrogens (tertiary/aromatic N) is 2. The van der Waals surface area contributed by atoms with Gasteiger partial charge in [-0.25, -0.2) is 0 Å². The molecule has 1 aliphatic rings. The van der Waals surface area contributed by atoms with E-state index in [0.29, 0.717) is 43.9 Å². The van der Waals surface area contributed by atoms with Gasteiger partial charge in [0.05, 0.1) is 18.7 Å². The standard InChI is InChI=1S/C24H33N3O4S/c1-3-27(22-13-15-23(31-2)16-14-22)32(29,30)26-18-8-12-21(19-26)24(28)25-17-7-11-20-9-5-4-6-10-20/h4-6,9-10,13-16,21H,3,7-8,11-12,17-19H2,1-2H3,(H,25,28)/t21-/m1/s1. The Morgan fingerprint density at radius 2 is 1.88 bits per heavy atom. The van der Waals surface area contributed by atoms with Crippen LogP contribution in [0.2, 0.25) is 0 Å². The number of carbonyl (C=O) groups excluding carboxylic acids is 1. The van der Waals surface area contributed by atoms with Gasteiger partial charge in [-0.2, -0.15) is 12.7 Å². The Morgan fingerprint density at radius 3 is 2.53 bits per heavy atom. The molecule has 174 valence electrons. The van der Waals surface area contributed by atoms with Crippen molar-refractivity contribution in [3.63, 3.8) is 0 Å². The average Bonchev–Trinajstić information content (AvgIpc) is 2.83. The van der Waals surface area contributed by atoms with Crippen LogP contribution in [-0.2, 0) is 21.4 Å². The van der Waals surface area contributed by atoms with E-state index in [1.165, 1.54) is 14.2 Å². The van der Waals surface area contributed by atoms with Crippen LogP contribution < -0.4 is 14.4 Å². The van der Waals surface area contributed by atoms with Gasteiger partial charge in [-0.1, -0.05) is 30.3 Å². The Labute approximate surface area is 191 Å². The zero-order valence-electron chi connectivity index (χ0n) is 18.9. The van der Waals surface area contributed by atoms with Gasteiger partial charge in [-0.3, -0.25) is 9.10 Å². The minimum atomic E-state index is -3.73. The molecule has 32 heavy (non-hydrogen) atoms. The maximum atomic E-state index is 13.3. The maximum absolute atomic E-state index is 13.3. The third-order valence-electron chi connectivity index (χ3n) is 5.79. The Balaban J connectivity index is 1.57. The molecule has 1 amide bonds. The van der Waals surface area contributed by atoms with E-state index in [2.05, 4.69) is 17.4 Å². The van der Waals surface area contributed by atoms with E-state index in [-0.39, 0.29) is 18.4 Å². The Kier molecular flexibility index (Phi) is 8.53. The van der Waals surface area contributed by atoms with Crippen molar-refractivity contribution in [2.75, 3.05) is 37.6 Å². The predicted octanol–water partition coefficient (Wildman–Crippen LogP) is 3.23. The van der Waals surface area contributed by atoms with Crippen molar-refractivity contribution in [1.29, 1.82) is 0 Å². The predicted molar refractivity (Wildman–Crippen MR) is 127 cm³/mol. The summed E-state index contributed by atoms with van der Waals surface area (Å²) in [6, 6.07) is 17.1. The van der Waals surface area contributed by atoms with Crippen LogP contribution >= 0.6 is 0 Å². The lowest BCUT2D eigenvalue weighted by molar-refractivity contribution is -0.126. The van der Waals surface area contributed by atoms with E-state index in [0.717, 1.165) is 12.8 Å². The van der Waals surface area contributed by atoms with Crippen LogP contribution in [0.5, 0.6) is 5.75 Å². The first-order valence-electron chi connectivity index (χ1n) is 11.2. The number of ether oxygens (including phenoxy) is 1. The lowest BCUT2D eigenvalue weighted by Gasteiger charge is -2.35. The van der Waals surface area contributed by atoms with Crippen LogP contribution in [0.1, 0.15) is 31.7 Å². The minimum Gasteiger partial charge on any atom is -0.497 e. The average molecular weight is 460 g/mol. The monoisotopic (exact) mass is 459 g/mol. The molecule has 3 rings (SSSR count). The van der Waals surface area contributed by atoms with Gasteiger partial charge in [0.2, 0.25) is 5.91 Å². The highest BCUT2D eigenvalue weighted by Crippen LogP contribution is 2.26. The molecule has 1 N–H and O–H groups in total. The molecule has 0 aliphatic carbocycles. The van der Waals surface area contributed by atoms with E-state index >= 15 is 0 Å². The van der Waals surface area contributed by atoms with Crippen molar-refractivity contribution in [3.8, 4) is 5.75 Å². The number of nitrogens with one attached hydrogen (secondary N) is 1. The molecule has 1 fully saturated rings. The van der Waals surface area contributed by atoms with Crippen LogP contribution in [0.15, 0.2) is 54.6 Å². The molecule has 1 saturated heterocycles. The summed E-state index contributed by atoms with van der Waals surface area (Å²) < 4.78 is 34.7. The van der Waals surface area contributed by atoms with E-state index in [1.807, 2.05) is 25.1 Å². The van der Waals surface area contributed by atoms with Crippen molar-refractivity contribution in [2.45, 2.75) is 32.6 Å². The quantitative estimate of drug-likeness (QED) is 0.554. The molecular formula is C24H33N3O4S. The summed E-state index contributed by atoms with van der Waals surface area (Å²) in [4.78, 5) is 12.7. The van der Waals surface area contributed by atoms with Gasteiger partial charge in [0.25, 0.3) is 0 Å². The van der Waals surface area contributed by atoms with Crippen LogP contribution in [0, 0.1) is 5.92 Å². The summed E-state index contributed by atoms with van der Waals surface area (Å²) in [6.45, 7) is 3.33. The van der Waals surface area contributed by atoms with Gasteiger partial charge < -0.3 is 10.1 Å². The van der Waals surface area contributed by atoms with Gasteiger partial charge >= 0.3 is 10.2 Å². The van der Waals surface area contributed by atoms with Crippen molar-refractivity contribution >= 4 is 21.8 Å². The fraction of sp³-hybridized carbons (Fsp3) is 0.458. The lowest BCUT2D eigenvalue weighted by atomic mass is 9.99. The number of benzene rings is 2. The molecule has 0 saturated carbocycles. The zero-order valence-corrected chi connectivity index (χ0v) is 19.7. The third-order valence-corrected chi connectivity index (χ3v) is 7.80. The molecular weight excluding hydrogens is 426 g/mol. The number of piperidine rings is 1. The van der Waals surface area contributed by atoms with E-state index in [1.54, 1.807) is 31.4 Å². The maximum Gasteiger partial charge on any atom is 0.304 e. The fourth-order valence-corrected chi connectivity index (χ4v) is 5.75. The third kappa shape index (κ3) is 6.01. The highest BCUT2D eigenvalue weighted by atomic mass is 32.2. The highest BCUT2D eigenvalue weighted by Gasteiger charge is 2.35. The second-order valence-corrected chi connectivity index (χ2v) is 9.80. The first-order valence-corrected chi connectivity index (χ1v) is 12.6. The molecule has 0 unspecified atom stereocenters. The number of rotatable bonds is 10. The van der Waals surface area contributed by atoms with Crippen molar-refractivity contribution in [2.24, 2.45) is 5.92 Å². The summed E-state index contributed by atoms with van der Waals surface area (Å²) in [5.41, 5.74) is 1.83. The summed E-state index contributed by atoms with van der Waals surface area (Å²) in [7, 11) is -2.16. The molecule has 1 aliphatic heterocycles. The van der Waals surface area contributed by atoms with Gasteiger partial charge in [-0.15, -0.1) is 0 Å². The van der Waals surface area contributed by atoms with E-state index in [4.69, 9.17) is 4.74 Å². The summed E-state index contributed by atoms with van der Waals surface area (Å²) in [5, 5.41) is 2.99. The van der Waals surface area contributed by atoms with Gasteiger partial charge in [0, 0.05) is 26.2 Å². The summed E-state index contributed by atoms with van der Waals surface area (Å²) in [5.74, 6) is 0.277. The van der Waals surface area contributed by atoms with Gasteiger partial charge in [0.15, 0.2) is 0 Å². The molecule has 0 aromatic heterocycles. The second kappa shape index (κ2) is 11.3. The van der Waals surface area contributed by atoms with Crippen LogP contribution in [-0.4, -0.2) is 51.9 Å². The molecule has 2 aromatic carbocycles. The zero-order chi connectivity index (χ0) is 23.0. The number of anilines is 1. The first kappa shape index (κ1) is 24.1. The number of carbonyl (C=O) groups is 1. The largest absolute Gasteiger partial charge is 0.497 e. The number of hydrogen-bond donors (Lipinski definition) is 1. The molecule has 1 atom stereocenters. The smallest absolute Gasteiger partial charge is 0.304 e. The van der Waals surface area contributed by atoms with Gasteiger partial charge in [0.1, 0.15) is 5.75 Å². The topological polar surface area (TPSA) is 79.0 Å². The molecule has 0 spiro atoms. The van der Waals surface area contributed by atoms with Gasteiger partial charge in [-0.05, 0) is 62.4 Å². The number of aryl methyl sites for hydroxylation is 1. The molecule has 0 bridgehead atoms. The summed E-state index contributed by atoms with van der Waals surface area (Å²) in [6.07, 6.45) is 3.12. The normalized spacial score (nSPS) is 17.0. The molecule has 2 aromatic rings.